The highest BCUT2D eigenvalue weighted by molar-refractivity contribution is 7.90. The first-order valence-corrected chi connectivity index (χ1v) is 10.1. The monoisotopic (exact) mass is 443 g/mol. The Labute approximate surface area is 170 Å². The van der Waals surface area contributed by atoms with Gasteiger partial charge in [-0.15, -0.1) is 0 Å². The van der Waals surface area contributed by atoms with Crippen molar-refractivity contribution in [1.82, 2.24) is 14.3 Å². The molecule has 3 aromatic rings. The fourth-order valence-corrected chi connectivity index (χ4v) is 4.29. The number of aryl methyl sites for hydroxylation is 1. The molecule has 1 aromatic heterocycles. The number of benzene rings is 2. The normalized spacial score (nSPS) is 11.4. The van der Waals surface area contributed by atoms with Crippen LogP contribution >= 0.6 is 34.8 Å². The van der Waals surface area contributed by atoms with E-state index in [-0.39, 0.29) is 20.6 Å². The molecule has 1 amide bonds. The Morgan fingerprint density at radius 3 is 2.33 bits per heavy atom. The number of nitrogens with one attached hydrogen (secondary N) is 1. The van der Waals surface area contributed by atoms with Crippen molar-refractivity contribution in [2.45, 2.75) is 4.90 Å². The van der Waals surface area contributed by atoms with Gasteiger partial charge in [-0.3, -0.25) is 4.79 Å². The molecule has 140 valence electrons. The Kier molecular flexibility index (Phi) is 5.48. The van der Waals surface area contributed by atoms with Gasteiger partial charge in [0, 0.05) is 28.9 Å². The number of sulfonamides is 1. The number of hydrogen-bond acceptors (Lipinski definition) is 4. The third kappa shape index (κ3) is 4.27. The summed E-state index contributed by atoms with van der Waals surface area (Å²) >= 11 is 17.8. The van der Waals surface area contributed by atoms with Crippen LogP contribution in [0.2, 0.25) is 15.1 Å². The van der Waals surface area contributed by atoms with Crippen LogP contribution in [0.25, 0.3) is 11.4 Å². The molecule has 0 unspecified atom stereocenters. The predicted molar refractivity (Wildman–Crippen MR) is 105 cm³/mol. The molecule has 2 aromatic carbocycles. The van der Waals surface area contributed by atoms with E-state index in [9.17, 15) is 13.2 Å². The second-order valence-corrected chi connectivity index (χ2v) is 8.54. The summed E-state index contributed by atoms with van der Waals surface area (Å²) in [6, 6.07) is 10.8. The number of aromatic nitrogens is 2. The first-order valence-electron chi connectivity index (χ1n) is 7.49. The molecule has 1 N–H and O–H groups in total. The number of rotatable bonds is 4. The summed E-state index contributed by atoms with van der Waals surface area (Å²) in [7, 11) is -2.50. The van der Waals surface area contributed by atoms with E-state index in [1.807, 2.05) is 4.72 Å². The van der Waals surface area contributed by atoms with Crippen LogP contribution in [0.1, 0.15) is 10.5 Å². The van der Waals surface area contributed by atoms with Gasteiger partial charge < -0.3 is 4.57 Å². The molecule has 0 bridgehead atoms. The standard InChI is InChI=1S/C17H12Cl3N3O3S/c1-23-9-15(21-16(23)13-4-2-3-5-14(13)20)17(24)22-27(25,26)12-7-10(18)6-11(19)8-12/h2-9H,1H3,(H,22,24). The van der Waals surface area contributed by atoms with E-state index < -0.39 is 15.9 Å². The fourth-order valence-electron chi connectivity index (χ4n) is 2.39. The number of imidazole rings is 1. The van der Waals surface area contributed by atoms with Crippen molar-refractivity contribution in [2.24, 2.45) is 7.05 Å². The highest BCUT2D eigenvalue weighted by Gasteiger charge is 2.23. The number of carbonyl (C=O) groups is 1. The van der Waals surface area contributed by atoms with E-state index in [1.165, 1.54) is 24.4 Å². The van der Waals surface area contributed by atoms with Crippen LogP contribution in [0.4, 0.5) is 0 Å². The number of hydrogen-bond donors (Lipinski definition) is 1. The van der Waals surface area contributed by atoms with Crippen LogP contribution in [0.3, 0.4) is 0 Å². The van der Waals surface area contributed by atoms with Crippen molar-refractivity contribution < 1.29 is 13.2 Å². The van der Waals surface area contributed by atoms with E-state index in [2.05, 4.69) is 4.98 Å². The molecule has 0 saturated carbocycles. The van der Waals surface area contributed by atoms with Gasteiger partial charge in [-0.1, -0.05) is 46.9 Å². The summed E-state index contributed by atoms with van der Waals surface area (Å²) in [5.41, 5.74) is 0.536. The zero-order chi connectivity index (χ0) is 19.8. The number of halogens is 3. The molecule has 0 atom stereocenters. The van der Waals surface area contributed by atoms with Crippen LogP contribution in [-0.4, -0.2) is 23.9 Å². The van der Waals surface area contributed by atoms with E-state index in [0.29, 0.717) is 16.4 Å². The average molecular weight is 445 g/mol. The molecule has 0 spiro atoms. The fraction of sp³-hybridized carbons (Fsp3) is 0.0588. The lowest BCUT2D eigenvalue weighted by Gasteiger charge is -2.06. The molecule has 0 aliphatic rings. The van der Waals surface area contributed by atoms with Gasteiger partial charge in [-0.05, 0) is 30.3 Å². The summed E-state index contributed by atoms with van der Waals surface area (Å²) in [5.74, 6) is -0.464. The quantitative estimate of drug-likeness (QED) is 0.655. The maximum absolute atomic E-state index is 12.4. The van der Waals surface area contributed by atoms with Crippen molar-refractivity contribution in [3.8, 4) is 11.4 Å². The summed E-state index contributed by atoms with van der Waals surface area (Å²) in [6.07, 6.45) is 1.41. The SMILES string of the molecule is Cn1cc(C(=O)NS(=O)(=O)c2cc(Cl)cc(Cl)c2)nc1-c1ccccc1Cl. The molecule has 27 heavy (non-hydrogen) atoms. The Hall–Kier alpha value is -2.06. The molecule has 0 saturated heterocycles. The predicted octanol–water partition coefficient (Wildman–Crippen LogP) is 4.17. The molecule has 3 rings (SSSR count). The highest BCUT2D eigenvalue weighted by atomic mass is 35.5. The van der Waals surface area contributed by atoms with E-state index in [1.54, 1.807) is 35.9 Å². The lowest BCUT2D eigenvalue weighted by Crippen LogP contribution is -2.30. The van der Waals surface area contributed by atoms with Gasteiger partial charge in [0.2, 0.25) is 0 Å². The van der Waals surface area contributed by atoms with Crippen molar-refractivity contribution >= 4 is 50.7 Å². The molecule has 0 aliphatic carbocycles. The Balaban J connectivity index is 1.91. The van der Waals surface area contributed by atoms with Crippen LogP contribution in [0, 0.1) is 0 Å². The largest absolute Gasteiger partial charge is 0.333 e. The second kappa shape index (κ2) is 7.52. The lowest BCUT2D eigenvalue weighted by molar-refractivity contribution is 0.0977. The van der Waals surface area contributed by atoms with E-state index in [0.717, 1.165) is 0 Å². The van der Waals surface area contributed by atoms with Gasteiger partial charge in [0.1, 0.15) is 11.5 Å². The van der Waals surface area contributed by atoms with Crippen molar-refractivity contribution in [2.75, 3.05) is 0 Å². The number of carbonyl (C=O) groups excluding carboxylic acids is 1. The van der Waals surface area contributed by atoms with Gasteiger partial charge >= 0.3 is 0 Å². The molecule has 10 heteroatoms. The topological polar surface area (TPSA) is 81.1 Å². The molecular formula is C17H12Cl3N3O3S. The third-order valence-corrected chi connectivity index (χ3v) is 5.67. The first-order chi connectivity index (χ1) is 12.7. The smallest absolute Gasteiger partial charge is 0.285 e. The maximum Gasteiger partial charge on any atom is 0.285 e. The van der Waals surface area contributed by atoms with Gasteiger partial charge in [0.15, 0.2) is 0 Å². The summed E-state index contributed by atoms with van der Waals surface area (Å²) in [6.45, 7) is 0. The molecule has 1 heterocycles. The minimum absolute atomic E-state index is 0.0795. The van der Waals surface area contributed by atoms with Crippen molar-refractivity contribution in [3.05, 3.63) is 69.4 Å². The van der Waals surface area contributed by atoms with Crippen molar-refractivity contribution in [1.29, 1.82) is 0 Å². The highest BCUT2D eigenvalue weighted by Crippen LogP contribution is 2.27. The Morgan fingerprint density at radius 1 is 1.07 bits per heavy atom. The molecule has 6 nitrogen and oxygen atoms in total. The summed E-state index contributed by atoms with van der Waals surface area (Å²) in [4.78, 5) is 16.4. The van der Waals surface area contributed by atoms with E-state index in [4.69, 9.17) is 34.8 Å². The average Bonchev–Trinajstić information content (AvgIpc) is 2.96. The van der Waals surface area contributed by atoms with Crippen LogP contribution in [-0.2, 0) is 17.1 Å². The van der Waals surface area contributed by atoms with Gasteiger partial charge in [-0.25, -0.2) is 18.1 Å². The zero-order valence-corrected chi connectivity index (χ0v) is 16.9. The third-order valence-electron chi connectivity index (χ3n) is 3.60. The summed E-state index contributed by atoms with van der Waals surface area (Å²) < 4.78 is 28.4. The molecule has 0 fully saturated rings. The van der Waals surface area contributed by atoms with Gasteiger partial charge in [0.05, 0.1) is 9.92 Å². The molecule has 0 radical (unpaired) electrons. The van der Waals surface area contributed by atoms with Gasteiger partial charge in [-0.2, -0.15) is 0 Å². The Bertz CT molecular complexity index is 1120. The van der Waals surface area contributed by atoms with Crippen LogP contribution < -0.4 is 4.72 Å². The van der Waals surface area contributed by atoms with Crippen LogP contribution in [0.15, 0.2) is 53.6 Å². The minimum atomic E-state index is -4.17. The molecular weight excluding hydrogens is 433 g/mol. The Morgan fingerprint density at radius 2 is 1.70 bits per heavy atom. The first kappa shape index (κ1) is 19.7. The maximum atomic E-state index is 12.4. The van der Waals surface area contributed by atoms with Crippen molar-refractivity contribution in [3.63, 3.8) is 0 Å². The number of amides is 1. The van der Waals surface area contributed by atoms with Crippen LogP contribution in [0.5, 0.6) is 0 Å². The summed E-state index contributed by atoms with van der Waals surface area (Å²) in [5, 5.41) is 0.725. The zero-order valence-electron chi connectivity index (χ0n) is 13.8. The lowest BCUT2D eigenvalue weighted by atomic mass is 10.2. The minimum Gasteiger partial charge on any atom is -0.333 e. The molecule has 0 aliphatic heterocycles. The number of nitrogens with zero attached hydrogens (tertiary/aromatic N) is 2. The second-order valence-electron chi connectivity index (χ2n) is 5.58. The van der Waals surface area contributed by atoms with Gasteiger partial charge in [0.25, 0.3) is 15.9 Å². The van der Waals surface area contributed by atoms with E-state index >= 15 is 0 Å².